The van der Waals surface area contributed by atoms with E-state index in [1.807, 2.05) is 0 Å². The second kappa shape index (κ2) is 10.2. The molecule has 1 aliphatic carbocycles. The van der Waals surface area contributed by atoms with Gasteiger partial charge in [0.15, 0.2) is 0 Å². The number of hydrogen-bond acceptors (Lipinski definition) is 3. The van der Waals surface area contributed by atoms with Crippen molar-refractivity contribution in [3.63, 3.8) is 0 Å². The minimum atomic E-state index is -0.482. The van der Waals surface area contributed by atoms with Crippen molar-refractivity contribution >= 4 is 34.3 Å². The van der Waals surface area contributed by atoms with Crippen molar-refractivity contribution in [2.45, 2.75) is 24.9 Å². The quantitative estimate of drug-likeness (QED) is 0.151. The Labute approximate surface area is 269 Å². The van der Waals surface area contributed by atoms with Crippen LogP contribution in [0.2, 0.25) is 0 Å². The van der Waals surface area contributed by atoms with Crippen molar-refractivity contribution in [1.82, 2.24) is 4.98 Å². The van der Waals surface area contributed by atoms with Gasteiger partial charge in [-0.2, -0.15) is 0 Å². The molecule has 0 unspecified atom stereocenters. The van der Waals surface area contributed by atoms with Gasteiger partial charge in [0.25, 0.3) is 0 Å². The lowest BCUT2D eigenvalue weighted by atomic mass is 9.67. The van der Waals surface area contributed by atoms with Crippen LogP contribution in [0.15, 0.2) is 146 Å². The van der Waals surface area contributed by atoms with Crippen LogP contribution in [0.1, 0.15) is 36.1 Å². The zero-order valence-electron chi connectivity index (χ0n) is 25.9. The van der Waals surface area contributed by atoms with Gasteiger partial charge >= 0.3 is 7.12 Å². The predicted octanol–water partition coefficient (Wildman–Crippen LogP) is 8.94. The molecule has 2 aliphatic rings. The number of benzene rings is 6. The molecule has 0 bridgehead atoms. The molecule has 1 fully saturated rings. The number of para-hydroxylation sites is 1. The molecule has 7 aromatic rings. The minimum absolute atomic E-state index is 0.317. The van der Waals surface area contributed by atoms with E-state index in [9.17, 15) is 0 Å². The van der Waals surface area contributed by atoms with Crippen molar-refractivity contribution in [3.8, 4) is 22.4 Å². The summed E-state index contributed by atoms with van der Waals surface area (Å²) in [4.78, 5) is 5.36. The van der Waals surface area contributed by atoms with E-state index < -0.39 is 12.5 Å². The molecule has 1 aromatic heterocycles. The summed E-state index contributed by atoms with van der Waals surface area (Å²) in [6.45, 7) is 4.70. The molecule has 0 radical (unpaired) electrons. The summed E-state index contributed by atoms with van der Waals surface area (Å²) in [5, 5.41) is 3.48. The average Bonchev–Trinajstić information content (AvgIpc) is 3.62. The summed E-state index contributed by atoms with van der Waals surface area (Å²) in [6.07, 6.45) is 0. The van der Waals surface area contributed by atoms with Crippen LogP contribution in [-0.4, -0.2) is 24.3 Å². The fourth-order valence-electron chi connectivity index (χ4n) is 7.74. The van der Waals surface area contributed by atoms with Gasteiger partial charge in [-0.1, -0.05) is 127 Å². The van der Waals surface area contributed by atoms with Crippen LogP contribution >= 0.6 is 0 Å². The zero-order chi connectivity index (χ0) is 30.9. The van der Waals surface area contributed by atoms with E-state index in [0.29, 0.717) is 6.61 Å². The third-order valence-electron chi connectivity index (χ3n) is 9.72. The van der Waals surface area contributed by atoms with Crippen molar-refractivity contribution in [3.05, 3.63) is 168 Å². The maximum absolute atomic E-state index is 6.26. The molecule has 0 spiro atoms. The molecule has 0 atom stereocenters. The van der Waals surface area contributed by atoms with Gasteiger partial charge in [-0.15, -0.1) is 0 Å². The van der Waals surface area contributed by atoms with E-state index in [4.69, 9.17) is 14.3 Å². The Bertz CT molecular complexity index is 2240. The first-order valence-electron chi connectivity index (χ1n) is 16.0. The van der Waals surface area contributed by atoms with Crippen LogP contribution in [0.5, 0.6) is 0 Å². The SMILES string of the molecule is CC1(C)COB(c2cccc(-c3nc4ccccc4c4cc5c(cc34)C(c3ccccc3)(c3ccccc3)c3ccccc3-5)c2)O1. The Kier molecular flexibility index (Phi) is 6.08. The van der Waals surface area contributed by atoms with E-state index in [-0.39, 0.29) is 5.60 Å². The van der Waals surface area contributed by atoms with Gasteiger partial charge in [-0.05, 0) is 76.3 Å². The first-order valence-corrected chi connectivity index (χ1v) is 16.0. The van der Waals surface area contributed by atoms with E-state index in [1.54, 1.807) is 0 Å². The number of hydrogen-bond donors (Lipinski definition) is 0. The van der Waals surface area contributed by atoms with Crippen molar-refractivity contribution in [2.75, 3.05) is 6.61 Å². The Hall–Kier alpha value is -5.03. The van der Waals surface area contributed by atoms with Crippen molar-refractivity contribution in [1.29, 1.82) is 0 Å². The van der Waals surface area contributed by atoms with Gasteiger partial charge in [-0.25, -0.2) is 4.98 Å². The van der Waals surface area contributed by atoms with Gasteiger partial charge in [0.2, 0.25) is 0 Å². The fourth-order valence-corrected chi connectivity index (χ4v) is 7.74. The highest BCUT2D eigenvalue weighted by molar-refractivity contribution is 6.62. The molecule has 0 saturated carbocycles. The molecule has 0 amide bonds. The number of nitrogens with zero attached hydrogens (tertiary/aromatic N) is 1. The van der Waals surface area contributed by atoms with Gasteiger partial charge < -0.3 is 9.31 Å². The average molecular weight is 594 g/mol. The van der Waals surface area contributed by atoms with Gasteiger partial charge in [0.1, 0.15) is 0 Å². The third-order valence-corrected chi connectivity index (χ3v) is 9.72. The Morgan fingerprint density at radius 2 is 1.28 bits per heavy atom. The van der Waals surface area contributed by atoms with E-state index in [0.717, 1.165) is 33.0 Å². The summed E-state index contributed by atoms with van der Waals surface area (Å²) in [5.74, 6) is 0. The van der Waals surface area contributed by atoms with Gasteiger partial charge in [-0.3, -0.25) is 0 Å². The Balaban J connectivity index is 1.38. The lowest BCUT2D eigenvalue weighted by Gasteiger charge is -2.34. The number of aromatic nitrogens is 1. The highest BCUT2D eigenvalue weighted by Crippen LogP contribution is 2.57. The molecular weight excluding hydrogens is 561 g/mol. The topological polar surface area (TPSA) is 31.4 Å². The molecule has 1 saturated heterocycles. The standard InChI is InChI=1S/C42H32BNO2/c1-41(2)27-45-43(46-41)31-19-13-14-28(24-31)40-36-26-38-35(25-34(36)33-21-10-12-23-39(33)44-40)32-20-9-11-22-37(32)42(38,29-15-5-3-6-16-29)30-17-7-4-8-18-30/h3-26H,27H2,1-2H3. The molecule has 6 aromatic carbocycles. The highest BCUT2D eigenvalue weighted by atomic mass is 16.7. The van der Waals surface area contributed by atoms with Crippen LogP contribution in [0.25, 0.3) is 44.1 Å². The molecule has 220 valence electrons. The summed E-state index contributed by atoms with van der Waals surface area (Å²) in [7, 11) is -0.399. The van der Waals surface area contributed by atoms with Crippen molar-refractivity contribution < 1.29 is 9.31 Å². The number of pyridine rings is 1. The molecule has 0 N–H and O–H groups in total. The highest BCUT2D eigenvalue weighted by Gasteiger charge is 2.46. The third kappa shape index (κ3) is 4.04. The summed E-state index contributed by atoms with van der Waals surface area (Å²) >= 11 is 0. The molecule has 3 nitrogen and oxygen atoms in total. The van der Waals surface area contributed by atoms with Crippen LogP contribution in [0.3, 0.4) is 0 Å². The number of fused-ring (bicyclic) bond motifs is 6. The Morgan fingerprint density at radius 3 is 2.02 bits per heavy atom. The lowest BCUT2D eigenvalue weighted by molar-refractivity contribution is 0.137. The Morgan fingerprint density at radius 1 is 0.587 bits per heavy atom. The summed E-state index contributed by atoms with van der Waals surface area (Å²) < 4.78 is 12.3. The zero-order valence-corrected chi connectivity index (χ0v) is 25.9. The van der Waals surface area contributed by atoms with Crippen LogP contribution in [-0.2, 0) is 14.7 Å². The van der Waals surface area contributed by atoms with Crippen LogP contribution in [0.4, 0.5) is 0 Å². The summed E-state index contributed by atoms with van der Waals surface area (Å²) in [6, 6.07) is 52.7. The van der Waals surface area contributed by atoms with Gasteiger partial charge in [0.05, 0.1) is 28.8 Å². The molecule has 9 rings (SSSR count). The van der Waals surface area contributed by atoms with E-state index >= 15 is 0 Å². The largest absolute Gasteiger partial charge is 0.494 e. The lowest BCUT2D eigenvalue weighted by Crippen LogP contribution is -2.34. The van der Waals surface area contributed by atoms with E-state index in [1.165, 1.54) is 38.8 Å². The normalized spacial score (nSPS) is 16.1. The monoisotopic (exact) mass is 593 g/mol. The van der Waals surface area contributed by atoms with Crippen LogP contribution < -0.4 is 5.46 Å². The fraction of sp³-hybridized carbons (Fsp3) is 0.119. The maximum Gasteiger partial charge on any atom is 0.494 e. The molecule has 1 aliphatic heterocycles. The van der Waals surface area contributed by atoms with E-state index in [2.05, 4.69) is 159 Å². The molecular formula is C42H32BNO2. The first kappa shape index (κ1) is 27.3. The molecule has 46 heavy (non-hydrogen) atoms. The number of rotatable bonds is 4. The minimum Gasteiger partial charge on any atom is -0.404 e. The second-order valence-electron chi connectivity index (χ2n) is 13.1. The maximum atomic E-state index is 6.26. The second-order valence-corrected chi connectivity index (χ2v) is 13.1. The first-order chi connectivity index (χ1) is 22.5. The van der Waals surface area contributed by atoms with Crippen LogP contribution in [0, 0.1) is 0 Å². The molecule has 4 heteroatoms. The van der Waals surface area contributed by atoms with Crippen molar-refractivity contribution in [2.24, 2.45) is 0 Å². The van der Waals surface area contributed by atoms with Gasteiger partial charge in [0, 0.05) is 16.3 Å². The summed E-state index contributed by atoms with van der Waals surface area (Å²) in [5.41, 5.74) is 10.8. The smallest absolute Gasteiger partial charge is 0.404 e. The molecule has 2 heterocycles. The predicted molar refractivity (Wildman–Crippen MR) is 188 cm³/mol.